The van der Waals surface area contributed by atoms with Gasteiger partial charge in [-0.15, -0.1) is 0 Å². The molecule has 7 nitrogen and oxygen atoms in total. The van der Waals surface area contributed by atoms with Crippen molar-refractivity contribution >= 4 is 23.3 Å². The molecule has 23 heavy (non-hydrogen) atoms. The maximum absolute atomic E-state index is 12.9. The lowest BCUT2D eigenvalue weighted by atomic mass is 10.2. The average Bonchev–Trinajstić information content (AvgIpc) is 3.18. The zero-order chi connectivity index (χ0) is 16.6. The Morgan fingerprint density at radius 1 is 1.57 bits per heavy atom. The van der Waals surface area contributed by atoms with Crippen LogP contribution in [0.1, 0.15) is 16.9 Å². The Morgan fingerprint density at radius 2 is 2.35 bits per heavy atom. The third-order valence-electron chi connectivity index (χ3n) is 4.22. The van der Waals surface area contributed by atoms with Gasteiger partial charge in [0.2, 0.25) is 0 Å². The molecular weight excluding hydrogens is 318 g/mol. The van der Waals surface area contributed by atoms with Crippen molar-refractivity contribution in [2.75, 3.05) is 19.4 Å². The summed E-state index contributed by atoms with van der Waals surface area (Å²) < 4.78 is 8.96. The lowest BCUT2D eigenvalue weighted by molar-refractivity contribution is 0.0669. The van der Waals surface area contributed by atoms with Gasteiger partial charge in [0, 0.05) is 33.1 Å². The molecule has 0 saturated carbocycles. The first-order valence-corrected chi connectivity index (χ1v) is 7.80. The van der Waals surface area contributed by atoms with Gasteiger partial charge in [-0.05, 0) is 18.6 Å². The molecule has 1 aliphatic rings. The quantitative estimate of drug-likeness (QED) is 0.914. The molecule has 1 fully saturated rings. The van der Waals surface area contributed by atoms with E-state index in [1.165, 1.54) is 0 Å². The minimum absolute atomic E-state index is 0.000394. The molecule has 3 rings (SSSR count). The van der Waals surface area contributed by atoms with Gasteiger partial charge in [-0.1, -0.05) is 11.6 Å². The van der Waals surface area contributed by atoms with Crippen molar-refractivity contribution in [3.63, 3.8) is 0 Å². The Balaban J connectivity index is 1.82. The number of rotatable bonds is 4. The van der Waals surface area contributed by atoms with Crippen molar-refractivity contribution in [2.45, 2.75) is 25.1 Å². The number of carbonyl (C=O) groups excluding carboxylic acids is 1. The van der Waals surface area contributed by atoms with E-state index in [1.807, 2.05) is 18.1 Å². The number of aryl methyl sites for hydroxylation is 1. The summed E-state index contributed by atoms with van der Waals surface area (Å²) in [5.74, 6) is 0.419. The zero-order valence-corrected chi connectivity index (χ0v) is 13.9. The molecular formula is C15H20ClN5O2. The SMILES string of the molecule is CO[C@@H]1C[C@@H](Cn2ccc(N)n2)N(C(=O)c2cc(Cl)cn2C)C1. The zero-order valence-electron chi connectivity index (χ0n) is 13.1. The fraction of sp³-hybridized carbons (Fsp3) is 0.467. The van der Waals surface area contributed by atoms with E-state index in [4.69, 9.17) is 22.1 Å². The van der Waals surface area contributed by atoms with Gasteiger partial charge >= 0.3 is 0 Å². The van der Waals surface area contributed by atoms with Gasteiger partial charge in [-0.25, -0.2) is 0 Å². The molecule has 1 saturated heterocycles. The summed E-state index contributed by atoms with van der Waals surface area (Å²) in [6, 6.07) is 3.43. The third kappa shape index (κ3) is 3.20. The molecule has 0 radical (unpaired) electrons. The van der Waals surface area contributed by atoms with Crippen molar-refractivity contribution in [3.8, 4) is 0 Å². The van der Waals surface area contributed by atoms with Crippen LogP contribution in [0.15, 0.2) is 24.5 Å². The van der Waals surface area contributed by atoms with Gasteiger partial charge in [0.05, 0.1) is 23.7 Å². The number of methoxy groups -OCH3 is 1. The van der Waals surface area contributed by atoms with Crippen LogP contribution in [0.3, 0.4) is 0 Å². The van der Waals surface area contributed by atoms with Gasteiger partial charge in [-0.3, -0.25) is 9.48 Å². The minimum Gasteiger partial charge on any atom is -0.382 e. The highest BCUT2D eigenvalue weighted by Gasteiger charge is 2.36. The number of aromatic nitrogens is 3. The highest BCUT2D eigenvalue weighted by molar-refractivity contribution is 6.31. The van der Waals surface area contributed by atoms with Crippen LogP contribution in [0.5, 0.6) is 0 Å². The molecule has 2 N–H and O–H groups in total. The topological polar surface area (TPSA) is 78.3 Å². The number of amides is 1. The second-order valence-electron chi connectivity index (χ2n) is 5.82. The molecule has 2 atom stereocenters. The number of hydrogen-bond donors (Lipinski definition) is 1. The van der Waals surface area contributed by atoms with Gasteiger partial charge in [0.15, 0.2) is 0 Å². The lowest BCUT2D eigenvalue weighted by Crippen LogP contribution is -2.39. The first kappa shape index (κ1) is 15.9. The second-order valence-corrected chi connectivity index (χ2v) is 6.26. The standard InChI is InChI=1S/C15H20ClN5O2/c1-19-7-10(16)5-13(19)15(22)21-9-12(23-2)6-11(21)8-20-4-3-14(17)18-20/h3-5,7,11-12H,6,8-9H2,1-2H3,(H2,17,18)/t11-,12+/m0/s1. The lowest BCUT2D eigenvalue weighted by Gasteiger charge is -2.24. The van der Waals surface area contributed by atoms with Crippen LogP contribution in [0, 0.1) is 0 Å². The molecule has 3 heterocycles. The fourth-order valence-corrected chi connectivity index (χ4v) is 3.29. The molecule has 0 aromatic carbocycles. The van der Waals surface area contributed by atoms with Crippen LogP contribution in [-0.2, 0) is 18.3 Å². The van der Waals surface area contributed by atoms with Crippen LogP contribution in [-0.4, -0.2) is 51.0 Å². The summed E-state index contributed by atoms with van der Waals surface area (Å²) in [7, 11) is 3.48. The first-order chi connectivity index (χ1) is 11.0. The van der Waals surface area contributed by atoms with E-state index in [2.05, 4.69) is 5.10 Å². The Hall–Kier alpha value is -1.99. The van der Waals surface area contributed by atoms with Crippen molar-refractivity contribution in [2.24, 2.45) is 7.05 Å². The summed E-state index contributed by atoms with van der Waals surface area (Å²) in [5, 5.41) is 4.75. The highest BCUT2D eigenvalue weighted by atomic mass is 35.5. The van der Waals surface area contributed by atoms with Crippen LogP contribution in [0.4, 0.5) is 5.82 Å². The number of halogens is 1. The largest absolute Gasteiger partial charge is 0.382 e. The molecule has 0 unspecified atom stereocenters. The van der Waals surface area contributed by atoms with Gasteiger partial charge in [-0.2, -0.15) is 5.10 Å². The molecule has 124 valence electrons. The van der Waals surface area contributed by atoms with E-state index in [0.717, 1.165) is 6.42 Å². The van der Waals surface area contributed by atoms with Crippen molar-refractivity contribution < 1.29 is 9.53 Å². The second kappa shape index (κ2) is 6.25. The number of hydrogen-bond acceptors (Lipinski definition) is 4. The maximum atomic E-state index is 12.9. The third-order valence-corrected chi connectivity index (χ3v) is 4.43. The van der Waals surface area contributed by atoms with Crippen LogP contribution >= 0.6 is 11.6 Å². The number of nitrogens with two attached hydrogens (primary N) is 1. The van der Waals surface area contributed by atoms with E-state index in [9.17, 15) is 4.79 Å². The summed E-state index contributed by atoms with van der Waals surface area (Å²) in [6.07, 6.45) is 4.33. The van der Waals surface area contributed by atoms with Gasteiger partial charge < -0.3 is 19.9 Å². The molecule has 1 amide bonds. The number of carbonyl (C=O) groups is 1. The van der Waals surface area contributed by atoms with E-state index in [-0.39, 0.29) is 18.1 Å². The Labute approximate surface area is 139 Å². The summed E-state index contributed by atoms with van der Waals surface area (Å²) in [6.45, 7) is 1.14. The van der Waals surface area contributed by atoms with Gasteiger partial charge in [0.1, 0.15) is 11.5 Å². The molecule has 2 aromatic heterocycles. The number of nitrogens with zero attached hydrogens (tertiary/aromatic N) is 4. The van der Waals surface area contributed by atoms with Crippen molar-refractivity contribution in [1.82, 2.24) is 19.2 Å². The number of likely N-dealkylation sites (tertiary alicyclic amines) is 1. The molecule has 1 aliphatic heterocycles. The minimum atomic E-state index is -0.0518. The fourth-order valence-electron chi connectivity index (χ4n) is 3.05. The molecule has 8 heteroatoms. The van der Waals surface area contributed by atoms with E-state index in [0.29, 0.717) is 29.6 Å². The average molecular weight is 338 g/mol. The van der Waals surface area contributed by atoms with E-state index in [1.54, 1.807) is 34.7 Å². The predicted octanol–water partition coefficient (Wildman–Crippen LogP) is 1.39. The molecule has 0 aliphatic carbocycles. The predicted molar refractivity (Wildman–Crippen MR) is 87.3 cm³/mol. The smallest absolute Gasteiger partial charge is 0.270 e. The Kier molecular flexibility index (Phi) is 4.32. The number of nitrogen functional groups attached to an aromatic ring is 1. The van der Waals surface area contributed by atoms with E-state index < -0.39 is 0 Å². The monoisotopic (exact) mass is 337 g/mol. The Bertz CT molecular complexity index is 711. The summed E-state index contributed by atoms with van der Waals surface area (Å²) >= 11 is 6.00. The van der Waals surface area contributed by atoms with Gasteiger partial charge in [0.25, 0.3) is 5.91 Å². The van der Waals surface area contributed by atoms with Crippen LogP contribution in [0.25, 0.3) is 0 Å². The van der Waals surface area contributed by atoms with E-state index >= 15 is 0 Å². The normalized spacial score (nSPS) is 21.1. The molecule has 2 aromatic rings. The number of ether oxygens (including phenoxy) is 1. The van der Waals surface area contributed by atoms with Crippen molar-refractivity contribution in [1.29, 1.82) is 0 Å². The van der Waals surface area contributed by atoms with Crippen LogP contribution < -0.4 is 5.73 Å². The first-order valence-electron chi connectivity index (χ1n) is 7.42. The molecule has 0 spiro atoms. The summed E-state index contributed by atoms with van der Waals surface area (Å²) in [4.78, 5) is 14.7. The molecule has 0 bridgehead atoms. The van der Waals surface area contributed by atoms with Crippen LogP contribution in [0.2, 0.25) is 5.02 Å². The van der Waals surface area contributed by atoms with Crippen molar-refractivity contribution in [3.05, 3.63) is 35.2 Å². The summed E-state index contributed by atoms with van der Waals surface area (Å²) in [5.41, 5.74) is 6.23. The Morgan fingerprint density at radius 3 is 2.91 bits per heavy atom. The highest BCUT2D eigenvalue weighted by Crippen LogP contribution is 2.25. The number of anilines is 1. The maximum Gasteiger partial charge on any atom is 0.270 e.